The lowest BCUT2D eigenvalue weighted by Crippen LogP contribution is -2.38. The highest BCUT2D eigenvalue weighted by atomic mass is 35.5. The van der Waals surface area contributed by atoms with Crippen LogP contribution in [0.2, 0.25) is 0 Å². The molecule has 2 heterocycles. The highest BCUT2D eigenvalue weighted by molar-refractivity contribution is 8.00. The van der Waals surface area contributed by atoms with E-state index in [4.69, 9.17) is 11.6 Å². The summed E-state index contributed by atoms with van der Waals surface area (Å²) in [4.78, 5) is 28.6. The largest absolute Gasteiger partial charge is 0.277 e. The molecule has 1 amide bonds. The summed E-state index contributed by atoms with van der Waals surface area (Å²) in [5, 5.41) is 1.32. The van der Waals surface area contributed by atoms with Gasteiger partial charge in [0.05, 0.1) is 5.56 Å². The van der Waals surface area contributed by atoms with Crippen LogP contribution in [0.3, 0.4) is 0 Å². The number of aromatic nitrogens is 2. The van der Waals surface area contributed by atoms with E-state index < -0.39 is 5.91 Å². The van der Waals surface area contributed by atoms with E-state index in [1.165, 1.54) is 11.1 Å². The molecule has 20 heavy (non-hydrogen) atoms. The Bertz CT molecular complexity index is 616. The smallest absolute Gasteiger partial charge is 0.272 e. The van der Waals surface area contributed by atoms with Gasteiger partial charge in [0.25, 0.3) is 11.5 Å². The maximum Gasteiger partial charge on any atom is 0.277 e. The molecule has 1 aromatic heterocycles. The van der Waals surface area contributed by atoms with Crippen LogP contribution >= 0.6 is 23.4 Å². The summed E-state index contributed by atoms with van der Waals surface area (Å²) in [5.74, 6) is 0.204. The van der Waals surface area contributed by atoms with Crippen molar-refractivity contribution in [2.45, 2.75) is 48.8 Å². The Labute approximate surface area is 126 Å². The molecular weight excluding hydrogens is 298 g/mol. The normalized spacial score (nSPS) is 24.1. The molecule has 0 aromatic carbocycles. The quantitative estimate of drug-likeness (QED) is 0.670. The molecule has 1 aliphatic heterocycles. The van der Waals surface area contributed by atoms with E-state index in [2.05, 4.69) is 10.4 Å². The second kappa shape index (κ2) is 5.41. The first-order valence-corrected chi connectivity index (χ1v) is 8.19. The van der Waals surface area contributed by atoms with Crippen LogP contribution in [0.25, 0.3) is 0 Å². The summed E-state index contributed by atoms with van der Waals surface area (Å²) in [7, 11) is 0. The van der Waals surface area contributed by atoms with Crippen LogP contribution in [0.1, 0.15) is 43.0 Å². The first-order valence-electron chi connectivity index (χ1n) is 6.78. The SMILES string of the molecule is Cc1nc2c(c(=O)n1NC(=O)CCl)[C@@H]1CCCC[C@H]1S2. The average molecular weight is 314 g/mol. The van der Waals surface area contributed by atoms with E-state index in [1.807, 2.05) is 0 Å². The van der Waals surface area contributed by atoms with Crippen molar-refractivity contribution in [2.24, 2.45) is 0 Å². The first-order chi connectivity index (χ1) is 9.61. The summed E-state index contributed by atoms with van der Waals surface area (Å²) in [6, 6.07) is 0. The summed E-state index contributed by atoms with van der Waals surface area (Å²) in [6.07, 6.45) is 4.55. The number of amides is 1. The molecule has 1 N–H and O–H groups in total. The molecule has 2 aliphatic rings. The topological polar surface area (TPSA) is 64.0 Å². The van der Waals surface area contributed by atoms with Crippen LogP contribution in [0, 0.1) is 6.92 Å². The van der Waals surface area contributed by atoms with Gasteiger partial charge in [-0.3, -0.25) is 15.0 Å². The maximum atomic E-state index is 12.6. The van der Waals surface area contributed by atoms with Crippen LogP contribution in [-0.2, 0) is 4.79 Å². The third kappa shape index (κ3) is 2.24. The number of fused-ring (bicyclic) bond motifs is 3. The number of thioether (sulfide) groups is 1. The van der Waals surface area contributed by atoms with Gasteiger partial charge in [-0.15, -0.1) is 23.4 Å². The summed E-state index contributed by atoms with van der Waals surface area (Å²) < 4.78 is 1.24. The molecule has 0 spiro atoms. The fourth-order valence-corrected chi connectivity index (χ4v) is 4.64. The van der Waals surface area contributed by atoms with Crippen molar-refractivity contribution in [2.75, 3.05) is 11.3 Å². The molecule has 1 aliphatic carbocycles. The maximum absolute atomic E-state index is 12.6. The van der Waals surface area contributed by atoms with Crippen molar-refractivity contribution < 1.29 is 4.79 Å². The number of rotatable bonds is 2. The minimum Gasteiger partial charge on any atom is -0.272 e. The molecule has 108 valence electrons. The van der Waals surface area contributed by atoms with Gasteiger partial charge in [0.1, 0.15) is 16.7 Å². The van der Waals surface area contributed by atoms with Crippen molar-refractivity contribution in [1.82, 2.24) is 9.66 Å². The van der Waals surface area contributed by atoms with E-state index in [9.17, 15) is 9.59 Å². The highest BCUT2D eigenvalue weighted by Gasteiger charge is 2.39. The van der Waals surface area contributed by atoms with Gasteiger partial charge in [-0.2, -0.15) is 0 Å². The molecule has 1 fully saturated rings. The molecule has 0 radical (unpaired) electrons. The van der Waals surface area contributed by atoms with Crippen molar-refractivity contribution in [3.8, 4) is 0 Å². The predicted molar refractivity (Wildman–Crippen MR) is 79.2 cm³/mol. The minimum atomic E-state index is -0.399. The third-order valence-corrected chi connectivity index (χ3v) is 5.59. The van der Waals surface area contributed by atoms with Crippen molar-refractivity contribution in [3.63, 3.8) is 0 Å². The summed E-state index contributed by atoms with van der Waals surface area (Å²) >= 11 is 7.20. The number of alkyl halides is 1. The number of halogens is 1. The van der Waals surface area contributed by atoms with Crippen molar-refractivity contribution in [3.05, 3.63) is 21.7 Å². The number of carbonyl (C=O) groups excluding carboxylic acids is 1. The number of aryl methyl sites for hydroxylation is 1. The Morgan fingerprint density at radius 1 is 1.50 bits per heavy atom. The minimum absolute atomic E-state index is 0.145. The molecule has 0 bridgehead atoms. The Morgan fingerprint density at radius 3 is 3.00 bits per heavy atom. The molecule has 0 saturated heterocycles. The molecule has 7 heteroatoms. The number of carbonyl (C=O) groups is 1. The zero-order valence-electron chi connectivity index (χ0n) is 11.2. The summed E-state index contributed by atoms with van der Waals surface area (Å²) in [5.41, 5.74) is 3.15. The monoisotopic (exact) mass is 313 g/mol. The Balaban J connectivity index is 2.04. The Hall–Kier alpha value is -1.01. The fourth-order valence-electron chi connectivity index (χ4n) is 3.02. The van der Waals surface area contributed by atoms with Gasteiger partial charge in [-0.05, 0) is 19.8 Å². The van der Waals surface area contributed by atoms with Crippen LogP contribution < -0.4 is 11.0 Å². The number of nitrogens with one attached hydrogen (secondary N) is 1. The standard InChI is InChI=1S/C13H16ClN3O2S/c1-7-15-12-11(8-4-2-3-5-9(8)20-12)13(19)17(7)16-10(18)6-14/h8-9H,2-6H2,1H3,(H,16,18)/t8-,9-/m1/s1. The third-order valence-electron chi connectivity index (χ3n) is 3.95. The van der Waals surface area contributed by atoms with E-state index >= 15 is 0 Å². The first kappa shape index (κ1) is 13.9. The van der Waals surface area contributed by atoms with Gasteiger partial charge in [0.2, 0.25) is 0 Å². The summed E-state index contributed by atoms with van der Waals surface area (Å²) in [6.45, 7) is 1.72. The number of hydrogen-bond donors (Lipinski definition) is 1. The van der Waals surface area contributed by atoms with Crippen LogP contribution in [-0.4, -0.2) is 26.7 Å². The van der Waals surface area contributed by atoms with E-state index in [0.29, 0.717) is 11.1 Å². The van der Waals surface area contributed by atoms with Crippen molar-refractivity contribution >= 4 is 29.3 Å². The molecule has 1 aromatic rings. The second-order valence-corrected chi connectivity index (χ2v) is 6.73. The average Bonchev–Trinajstić information content (AvgIpc) is 2.81. The van der Waals surface area contributed by atoms with Gasteiger partial charge in [0.15, 0.2) is 0 Å². The van der Waals surface area contributed by atoms with Gasteiger partial charge in [0, 0.05) is 11.2 Å². The highest BCUT2D eigenvalue weighted by Crippen LogP contribution is 2.49. The zero-order valence-corrected chi connectivity index (χ0v) is 12.8. The lowest BCUT2D eigenvalue weighted by Gasteiger charge is -2.23. The van der Waals surface area contributed by atoms with Crippen molar-refractivity contribution in [1.29, 1.82) is 0 Å². The van der Waals surface area contributed by atoms with Gasteiger partial charge >= 0.3 is 0 Å². The molecular formula is C13H16ClN3O2S. The van der Waals surface area contributed by atoms with Gasteiger partial charge in [-0.25, -0.2) is 9.66 Å². The van der Waals surface area contributed by atoms with Crippen LogP contribution in [0.4, 0.5) is 0 Å². The molecule has 3 rings (SSSR count). The van der Waals surface area contributed by atoms with E-state index in [1.54, 1.807) is 18.7 Å². The Kier molecular flexibility index (Phi) is 3.77. The molecule has 0 unspecified atom stereocenters. The molecule has 1 saturated carbocycles. The van der Waals surface area contributed by atoms with Gasteiger partial charge < -0.3 is 0 Å². The lowest BCUT2D eigenvalue weighted by molar-refractivity contribution is -0.114. The van der Waals surface area contributed by atoms with Gasteiger partial charge in [-0.1, -0.05) is 12.8 Å². The number of hydrogen-bond acceptors (Lipinski definition) is 4. The van der Waals surface area contributed by atoms with Crippen LogP contribution in [0.5, 0.6) is 0 Å². The zero-order chi connectivity index (χ0) is 14.3. The van der Waals surface area contributed by atoms with E-state index in [-0.39, 0.29) is 17.4 Å². The Morgan fingerprint density at radius 2 is 2.25 bits per heavy atom. The molecule has 2 atom stereocenters. The molecule has 5 nitrogen and oxygen atoms in total. The predicted octanol–water partition coefficient (Wildman–Crippen LogP) is 1.99. The second-order valence-electron chi connectivity index (χ2n) is 5.23. The number of nitrogens with zero attached hydrogens (tertiary/aromatic N) is 2. The van der Waals surface area contributed by atoms with E-state index in [0.717, 1.165) is 29.9 Å². The van der Waals surface area contributed by atoms with Crippen LogP contribution in [0.15, 0.2) is 9.82 Å². The lowest BCUT2D eigenvalue weighted by atomic mass is 9.85. The fraction of sp³-hybridized carbons (Fsp3) is 0.615.